The number of sulfone groups is 1. The van der Waals surface area contributed by atoms with Gasteiger partial charge in [0, 0.05) is 25.1 Å². The van der Waals surface area contributed by atoms with E-state index in [1.54, 1.807) is 0 Å². The number of rotatable bonds is 2. The van der Waals surface area contributed by atoms with Crippen LogP contribution >= 0.6 is 0 Å². The van der Waals surface area contributed by atoms with Crippen LogP contribution in [0.5, 0.6) is 0 Å². The first-order valence-electron chi connectivity index (χ1n) is 6.01. The summed E-state index contributed by atoms with van der Waals surface area (Å²) in [7, 11) is -2.88. The molecule has 0 spiro atoms. The van der Waals surface area contributed by atoms with E-state index < -0.39 is 9.84 Å². The van der Waals surface area contributed by atoms with Gasteiger partial charge in [0.1, 0.15) is 17.5 Å². The molecule has 0 aliphatic carbocycles. The maximum atomic E-state index is 11.4. The molecule has 1 aromatic heterocycles. The van der Waals surface area contributed by atoms with E-state index in [2.05, 4.69) is 9.97 Å². The summed E-state index contributed by atoms with van der Waals surface area (Å²) in [5, 5.41) is 0. The zero-order valence-corrected chi connectivity index (χ0v) is 11.5. The minimum atomic E-state index is -2.88. The Labute approximate surface area is 107 Å². The van der Waals surface area contributed by atoms with E-state index in [4.69, 9.17) is 5.73 Å². The lowest BCUT2D eigenvalue weighted by molar-refractivity contribution is 0.586. The van der Waals surface area contributed by atoms with Crippen molar-refractivity contribution in [2.75, 3.05) is 35.2 Å². The number of aryl methyl sites for hydroxylation is 1. The molecule has 0 radical (unpaired) electrons. The largest absolute Gasteiger partial charge is 0.383 e. The van der Waals surface area contributed by atoms with Gasteiger partial charge in [0.25, 0.3) is 0 Å². The van der Waals surface area contributed by atoms with Gasteiger partial charge in [-0.2, -0.15) is 0 Å². The van der Waals surface area contributed by atoms with E-state index in [9.17, 15) is 8.42 Å². The number of hydrogen-bond acceptors (Lipinski definition) is 6. The fraction of sp³-hybridized carbons (Fsp3) is 0.636. The second kappa shape index (κ2) is 4.72. The molecule has 0 unspecified atom stereocenters. The summed E-state index contributed by atoms with van der Waals surface area (Å²) in [6.45, 7) is 4.79. The normalized spacial score (nSPS) is 18.9. The molecule has 2 heterocycles. The van der Waals surface area contributed by atoms with Gasteiger partial charge in [0.15, 0.2) is 9.84 Å². The summed E-state index contributed by atoms with van der Waals surface area (Å²) in [6, 6.07) is 0. The fourth-order valence-electron chi connectivity index (χ4n) is 1.96. The van der Waals surface area contributed by atoms with Crippen molar-refractivity contribution in [2.24, 2.45) is 0 Å². The zero-order valence-electron chi connectivity index (χ0n) is 10.7. The van der Waals surface area contributed by atoms with E-state index in [1.807, 2.05) is 18.7 Å². The predicted molar refractivity (Wildman–Crippen MR) is 71.4 cm³/mol. The molecule has 1 aromatic rings. The highest BCUT2D eigenvalue weighted by Crippen LogP contribution is 2.23. The molecule has 1 fully saturated rings. The first-order chi connectivity index (χ1) is 8.43. The summed E-state index contributed by atoms with van der Waals surface area (Å²) >= 11 is 0. The molecule has 1 aliphatic rings. The molecule has 18 heavy (non-hydrogen) atoms. The average Bonchev–Trinajstić information content (AvgIpc) is 2.33. The van der Waals surface area contributed by atoms with E-state index in [1.165, 1.54) is 0 Å². The fourth-order valence-corrected chi connectivity index (χ4v) is 3.16. The Balaban J connectivity index is 2.31. The van der Waals surface area contributed by atoms with Crippen molar-refractivity contribution >= 4 is 21.5 Å². The summed E-state index contributed by atoms with van der Waals surface area (Å²) in [6.07, 6.45) is 0.712. The van der Waals surface area contributed by atoms with Crippen molar-refractivity contribution in [1.82, 2.24) is 9.97 Å². The van der Waals surface area contributed by atoms with Crippen LogP contribution in [-0.2, 0) is 16.3 Å². The zero-order chi connectivity index (χ0) is 13.3. The second-order valence-electron chi connectivity index (χ2n) is 4.47. The number of aromatic nitrogens is 2. The molecule has 7 heteroatoms. The minimum Gasteiger partial charge on any atom is -0.383 e. The first-order valence-corrected chi connectivity index (χ1v) is 7.83. The standard InChI is InChI=1S/C11H18N4O2S/c1-3-9-13-10(12)8(2)11(14-9)15-4-6-18(16,17)7-5-15/h3-7H2,1-2H3,(H2,12,13,14). The van der Waals surface area contributed by atoms with E-state index in [0.717, 1.165) is 11.4 Å². The molecule has 0 saturated carbocycles. The van der Waals surface area contributed by atoms with Crippen LogP contribution in [0, 0.1) is 6.92 Å². The van der Waals surface area contributed by atoms with Gasteiger partial charge < -0.3 is 10.6 Å². The number of nitrogens with two attached hydrogens (primary N) is 1. The van der Waals surface area contributed by atoms with Crippen molar-refractivity contribution in [3.8, 4) is 0 Å². The Bertz CT molecular complexity index is 542. The minimum absolute atomic E-state index is 0.178. The van der Waals surface area contributed by atoms with Crippen molar-refractivity contribution < 1.29 is 8.42 Å². The molecule has 0 bridgehead atoms. The number of nitrogens with zero attached hydrogens (tertiary/aromatic N) is 3. The van der Waals surface area contributed by atoms with Crippen LogP contribution in [0.4, 0.5) is 11.6 Å². The smallest absolute Gasteiger partial charge is 0.153 e. The van der Waals surface area contributed by atoms with Crippen molar-refractivity contribution in [3.05, 3.63) is 11.4 Å². The Hall–Kier alpha value is -1.37. The van der Waals surface area contributed by atoms with Gasteiger partial charge in [-0.25, -0.2) is 18.4 Å². The molecule has 1 saturated heterocycles. The van der Waals surface area contributed by atoms with Gasteiger partial charge in [-0.15, -0.1) is 0 Å². The summed E-state index contributed by atoms with van der Waals surface area (Å²) in [5.74, 6) is 2.30. The Morgan fingerprint density at radius 2 is 1.89 bits per heavy atom. The number of hydrogen-bond donors (Lipinski definition) is 1. The van der Waals surface area contributed by atoms with Crippen molar-refractivity contribution in [3.63, 3.8) is 0 Å². The average molecular weight is 270 g/mol. The topological polar surface area (TPSA) is 89.2 Å². The van der Waals surface area contributed by atoms with Gasteiger partial charge >= 0.3 is 0 Å². The van der Waals surface area contributed by atoms with E-state index >= 15 is 0 Å². The first kappa shape index (κ1) is 13.1. The van der Waals surface area contributed by atoms with Crippen LogP contribution in [-0.4, -0.2) is 43.0 Å². The maximum Gasteiger partial charge on any atom is 0.153 e. The van der Waals surface area contributed by atoms with Crippen LogP contribution in [0.1, 0.15) is 18.3 Å². The Morgan fingerprint density at radius 1 is 1.28 bits per heavy atom. The third-order valence-electron chi connectivity index (χ3n) is 3.16. The van der Waals surface area contributed by atoms with Gasteiger partial charge in [-0.3, -0.25) is 0 Å². The lowest BCUT2D eigenvalue weighted by Gasteiger charge is -2.29. The number of nitrogen functional groups attached to an aromatic ring is 1. The molecule has 0 atom stereocenters. The monoisotopic (exact) mass is 270 g/mol. The predicted octanol–water partition coefficient (Wildman–Crippen LogP) is 0.164. The lowest BCUT2D eigenvalue weighted by atomic mass is 10.2. The van der Waals surface area contributed by atoms with Crippen LogP contribution in [0.3, 0.4) is 0 Å². The van der Waals surface area contributed by atoms with Crippen LogP contribution in [0.25, 0.3) is 0 Å². The molecular formula is C11H18N4O2S. The summed E-state index contributed by atoms with van der Waals surface area (Å²) in [5.41, 5.74) is 6.69. The highest BCUT2D eigenvalue weighted by atomic mass is 32.2. The molecule has 6 nitrogen and oxygen atoms in total. The van der Waals surface area contributed by atoms with Gasteiger partial charge in [0.05, 0.1) is 11.5 Å². The second-order valence-corrected chi connectivity index (χ2v) is 6.77. The number of anilines is 2. The maximum absolute atomic E-state index is 11.4. The molecule has 100 valence electrons. The van der Waals surface area contributed by atoms with Crippen LogP contribution < -0.4 is 10.6 Å². The molecule has 1 aliphatic heterocycles. The van der Waals surface area contributed by atoms with Crippen molar-refractivity contribution in [2.45, 2.75) is 20.3 Å². The molecule has 0 amide bonds. The van der Waals surface area contributed by atoms with Crippen LogP contribution in [0.15, 0.2) is 0 Å². The van der Waals surface area contributed by atoms with Gasteiger partial charge in [-0.1, -0.05) is 6.92 Å². The molecular weight excluding hydrogens is 252 g/mol. The Kier molecular flexibility index (Phi) is 3.43. The van der Waals surface area contributed by atoms with Crippen LogP contribution in [0.2, 0.25) is 0 Å². The SMILES string of the molecule is CCc1nc(N)c(C)c(N2CCS(=O)(=O)CC2)n1. The Morgan fingerprint density at radius 3 is 2.44 bits per heavy atom. The third-order valence-corrected chi connectivity index (χ3v) is 4.77. The van der Waals surface area contributed by atoms with Gasteiger partial charge in [-0.05, 0) is 6.92 Å². The summed E-state index contributed by atoms with van der Waals surface area (Å²) < 4.78 is 22.8. The van der Waals surface area contributed by atoms with E-state index in [0.29, 0.717) is 31.2 Å². The summed E-state index contributed by atoms with van der Waals surface area (Å²) in [4.78, 5) is 10.6. The lowest BCUT2D eigenvalue weighted by Crippen LogP contribution is -2.41. The van der Waals surface area contributed by atoms with Crippen molar-refractivity contribution in [1.29, 1.82) is 0 Å². The third kappa shape index (κ3) is 2.55. The molecule has 0 aromatic carbocycles. The van der Waals surface area contributed by atoms with Gasteiger partial charge in [0.2, 0.25) is 0 Å². The highest BCUT2D eigenvalue weighted by molar-refractivity contribution is 7.91. The molecule has 2 N–H and O–H groups in total. The quantitative estimate of drug-likeness (QED) is 0.823. The highest BCUT2D eigenvalue weighted by Gasteiger charge is 2.24. The molecule has 2 rings (SSSR count). The van der Waals surface area contributed by atoms with E-state index in [-0.39, 0.29) is 11.5 Å².